The molecule has 0 bridgehead atoms. The number of nitrogens with one attached hydrogen (secondary N) is 1. The summed E-state index contributed by atoms with van der Waals surface area (Å²) in [6, 6.07) is 6.31. The van der Waals surface area contributed by atoms with Gasteiger partial charge in [-0.1, -0.05) is 6.92 Å². The van der Waals surface area contributed by atoms with Gasteiger partial charge in [-0.25, -0.2) is 8.42 Å². The number of hydrogen-bond acceptors (Lipinski definition) is 7. The Morgan fingerprint density at radius 2 is 1.77 bits per heavy atom. The fourth-order valence-electron chi connectivity index (χ4n) is 3.97. The molecule has 3 heterocycles. The van der Waals surface area contributed by atoms with Gasteiger partial charge in [-0.2, -0.15) is 4.31 Å². The zero-order valence-electron chi connectivity index (χ0n) is 17.8. The molecule has 168 valence electrons. The quantitative estimate of drug-likeness (QED) is 0.691. The van der Waals surface area contributed by atoms with Gasteiger partial charge in [0, 0.05) is 31.7 Å². The van der Waals surface area contributed by atoms with Crippen molar-refractivity contribution in [3.63, 3.8) is 0 Å². The number of rotatable bonds is 7. The summed E-state index contributed by atoms with van der Waals surface area (Å²) < 4.78 is 32.3. The minimum absolute atomic E-state index is 0.101. The summed E-state index contributed by atoms with van der Waals surface area (Å²) in [5.74, 6) is 0.450. The number of carbonyl (C=O) groups excluding carboxylic acids is 1. The van der Waals surface area contributed by atoms with Crippen LogP contribution in [0.1, 0.15) is 43.3 Å². The third kappa shape index (κ3) is 5.13. The number of amides is 1. The van der Waals surface area contributed by atoms with Crippen molar-refractivity contribution >= 4 is 15.9 Å². The third-order valence-electron chi connectivity index (χ3n) is 6.01. The minimum atomic E-state index is -3.47. The summed E-state index contributed by atoms with van der Waals surface area (Å²) in [7, 11) is -3.47. The van der Waals surface area contributed by atoms with E-state index >= 15 is 0 Å². The SMILES string of the molecule is CC1CCN(CCNC(=O)c2nnc(-c3ccc(S(=O)(=O)N4CCCC4)cc3)o2)CC1. The van der Waals surface area contributed by atoms with Crippen LogP contribution < -0.4 is 5.32 Å². The fourth-order valence-corrected chi connectivity index (χ4v) is 5.48. The maximum absolute atomic E-state index is 12.6. The van der Waals surface area contributed by atoms with Crippen molar-refractivity contribution in [2.24, 2.45) is 5.92 Å². The van der Waals surface area contributed by atoms with Crippen LogP contribution in [0.5, 0.6) is 0 Å². The van der Waals surface area contributed by atoms with Gasteiger partial charge in [-0.05, 0) is 69.0 Å². The summed E-state index contributed by atoms with van der Waals surface area (Å²) in [6.45, 7) is 6.83. The number of carbonyl (C=O) groups is 1. The van der Waals surface area contributed by atoms with Crippen LogP contribution in [0, 0.1) is 5.92 Å². The Kier molecular flexibility index (Phi) is 6.68. The molecule has 1 amide bonds. The van der Waals surface area contributed by atoms with E-state index in [4.69, 9.17) is 4.42 Å². The second-order valence-electron chi connectivity index (χ2n) is 8.33. The molecule has 1 N–H and O–H groups in total. The first kappa shape index (κ1) is 21.9. The lowest BCUT2D eigenvalue weighted by Gasteiger charge is -2.29. The Hall–Kier alpha value is -2.30. The largest absolute Gasteiger partial charge is 0.412 e. The molecule has 2 fully saturated rings. The van der Waals surface area contributed by atoms with Crippen molar-refractivity contribution in [1.82, 2.24) is 24.7 Å². The van der Waals surface area contributed by atoms with Crippen molar-refractivity contribution in [2.75, 3.05) is 39.3 Å². The molecular weight excluding hydrogens is 418 g/mol. The van der Waals surface area contributed by atoms with Gasteiger partial charge in [0.2, 0.25) is 15.9 Å². The van der Waals surface area contributed by atoms with Crippen LogP contribution in [0.15, 0.2) is 33.6 Å². The molecule has 9 nitrogen and oxygen atoms in total. The average Bonchev–Trinajstić information content (AvgIpc) is 3.48. The molecule has 4 rings (SSSR count). The van der Waals surface area contributed by atoms with Crippen LogP contribution in [0.3, 0.4) is 0 Å². The molecule has 1 aromatic heterocycles. The highest BCUT2D eigenvalue weighted by Crippen LogP contribution is 2.24. The van der Waals surface area contributed by atoms with E-state index < -0.39 is 15.9 Å². The van der Waals surface area contributed by atoms with Crippen LogP contribution in [-0.2, 0) is 10.0 Å². The molecule has 10 heteroatoms. The number of nitrogens with zero attached hydrogens (tertiary/aromatic N) is 4. The van der Waals surface area contributed by atoms with Gasteiger partial charge >= 0.3 is 11.8 Å². The molecule has 2 aromatic rings. The van der Waals surface area contributed by atoms with Gasteiger partial charge in [0.05, 0.1) is 4.90 Å². The molecule has 0 radical (unpaired) electrons. The van der Waals surface area contributed by atoms with E-state index in [-0.39, 0.29) is 16.7 Å². The highest BCUT2D eigenvalue weighted by molar-refractivity contribution is 7.89. The predicted molar refractivity (Wildman–Crippen MR) is 115 cm³/mol. The Morgan fingerprint density at radius 1 is 1.10 bits per heavy atom. The first-order valence-electron chi connectivity index (χ1n) is 10.9. The number of hydrogen-bond donors (Lipinski definition) is 1. The standard InChI is InChI=1S/C21H29N5O4S/c1-16-8-13-25(14-9-16)15-10-22-19(27)21-24-23-20(30-21)17-4-6-18(7-5-17)31(28,29)26-11-2-3-12-26/h4-7,16H,2-3,8-15H2,1H3,(H,22,27). The summed E-state index contributed by atoms with van der Waals surface area (Å²) >= 11 is 0. The highest BCUT2D eigenvalue weighted by Gasteiger charge is 2.27. The van der Waals surface area contributed by atoms with Gasteiger partial charge in [-0.3, -0.25) is 4.79 Å². The van der Waals surface area contributed by atoms with Gasteiger partial charge in [0.15, 0.2) is 0 Å². The number of sulfonamides is 1. The van der Waals surface area contributed by atoms with Crippen LogP contribution in [0.25, 0.3) is 11.5 Å². The second-order valence-corrected chi connectivity index (χ2v) is 10.3. The summed E-state index contributed by atoms with van der Waals surface area (Å²) in [5.41, 5.74) is 0.564. The van der Waals surface area contributed by atoms with Crippen LogP contribution in [0.4, 0.5) is 0 Å². The lowest BCUT2D eigenvalue weighted by atomic mass is 9.99. The molecule has 0 spiro atoms. The predicted octanol–water partition coefficient (Wildman–Crippen LogP) is 1.98. The number of benzene rings is 1. The number of aromatic nitrogens is 2. The molecule has 0 aliphatic carbocycles. The van der Waals surface area contributed by atoms with Crippen molar-refractivity contribution in [2.45, 2.75) is 37.5 Å². The Balaban J connectivity index is 1.33. The smallest absolute Gasteiger partial charge is 0.308 e. The maximum Gasteiger partial charge on any atom is 0.308 e. The van der Waals surface area contributed by atoms with Crippen molar-refractivity contribution in [3.05, 3.63) is 30.2 Å². The summed E-state index contributed by atoms with van der Waals surface area (Å²) in [5, 5.41) is 10.6. The van der Waals surface area contributed by atoms with E-state index in [1.165, 1.54) is 29.3 Å². The lowest BCUT2D eigenvalue weighted by molar-refractivity contribution is 0.0910. The van der Waals surface area contributed by atoms with E-state index in [0.29, 0.717) is 25.2 Å². The van der Waals surface area contributed by atoms with Crippen LogP contribution in [0.2, 0.25) is 0 Å². The fraction of sp³-hybridized carbons (Fsp3) is 0.571. The van der Waals surface area contributed by atoms with Gasteiger partial charge < -0.3 is 14.6 Å². The van der Waals surface area contributed by atoms with E-state index in [0.717, 1.165) is 38.4 Å². The minimum Gasteiger partial charge on any atom is -0.412 e. The molecule has 0 atom stereocenters. The average molecular weight is 448 g/mol. The van der Waals surface area contributed by atoms with Crippen LogP contribution >= 0.6 is 0 Å². The van der Waals surface area contributed by atoms with Gasteiger partial charge in [0.1, 0.15) is 0 Å². The summed E-state index contributed by atoms with van der Waals surface area (Å²) in [6.07, 6.45) is 4.17. The lowest BCUT2D eigenvalue weighted by Crippen LogP contribution is -2.39. The van der Waals surface area contributed by atoms with Crippen molar-refractivity contribution in [1.29, 1.82) is 0 Å². The van der Waals surface area contributed by atoms with Gasteiger partial charge in [-0.15, -0.1) is 10.2 Å². The molecule has 0 saturated carbocycles. The van der Waals surface area contributed by atoms with E-state index in [1.54, 1.807) is 12.1 Å². The van der Waals surface area contributed by atoms with E-state index in [2.05, 4.69) is 27.3 Å². The molecule has 1 aromatic carbocycles. The zero-order chi connectivity index (χ0) is 21.8. The van der Waals surface area contributed by atoms with Crippen molar-refractivity contribution in [3.8, 4) is 11.5 Å². The molecule has 2 aliphatic rings. The molecule has 0 unspecified atom stereocenters. The number of piperidine rings is 1. The van der Waals surface area contributed by atoms with Gasteiger partial charge in [0.25, 0.3) is 0 Å². The first-order valence-corrected chi connectivity index (χ1v) is 12.3. The summed E-state index contributed by atoms with van der Waals surface area (Å²) in [4.78, 5) is 14.9. The van der Waals surface area contributed by atoms with Crippen molar-refractivity contribution < 1.29 is 17.6 Å². The van der Waals surface area contributed by atoms with E-state index in [9.17, 15) is 13.2 Å². The molecule has 31 heavy (non-hydrogen) atoms. The highest BCUT2D eigenvalue weighted by atomic mass is 32.2. The van der Waals surface area contributed by atoms with E-state index in [1.807, 2.05) is 0 Å². The Bertz CT molecular complexity index is 991. The molecule has 2 aliphatic heterocycles. The Morgan fingerprint density at radius 3 is 2.45 bits per heavy atom. The molecular formula is C21H29N5O4S. The second kappa shape index (κ2) is 9.46. The molecule has 2 saturated heterocycles. The maximum atomic E-state index is 12.6. The zero-order valence-corrected chi connectivity index (χ0v) is 18.6. The van der Waals surface area contributed by atoms with Crippen LogP contribution in [-0.4, -0.2) is 73.0 Å². The monoisotopic (exact) mass is 447 g/mol. The topological polar surface area (TPSA) is 109 Å². The number of likely N-dealkylation sites (tertiary alicyclic amines) is 1. The third-order valence-corrected chi connectivity index (χ3v) is 7.93. The first-order chi connectivity index (χ1) is 14.9. The Labute approximate surface area is 182 Å². The normalized spacial score (nSPS) is 19.0.